The molecule has 0 atom stereocenters. The Kier molecular flexibility index (Phi) is 3.68. The molecule has 0 saturated carbocycles. The zero-order chi connectivity index (χ0) is 20.1. The van der Waals surface area contributed by atoms with Crippen LogP contribution in [0.3, 0.4) is 0 Å². The summed E-state index contributed by atoms with van der Waals surface area (Å²) in [5.74, 6) is 0. The van der Waals surface area contributed by atoms with E-state index in [4.69, 9.17) is 4.98 Å². The molecule has 0 radical (unpaired) electrons. The summed E-state index contributed by atoms with van der Waals surface area (Å²) in [6.07, 6.45) is 1.84. The number of aromatic nitrogens is 3. The van der Waals surface area contributed by atoms with E-state index in [-0.39, 0.29) is 0 Å². The maximum Gasteiger partial charge on any atom is 0.0955 e. The van der Waals surface area contributed by atoms with E-state index >= 15 is 0 Å². The number of rotatable bonds is 2. The van der Waals surface area contributed by atoms with Crippen molar-refractivity contribution < 1.29 is 0 Å². The average Bonchev–Trinajstić information content (AvgIpc) is 3.19. The molecule has 3 heteroatoms. The summed E-state index contributed by atoms with van der Waals surface area (Å²) < 4.78 is 2.04. The van der Waals surface area contributed by atoms with Crippen molar-refractivity contribution in [1.82, 2.24) is 14.5 Å². The van der Waals surface area contributed by atoms with Gasteiger partial charge in [0.2, 0.25) is 0 Å². The van der Waals surface area contributed by atoms with Crippen LogP contribution in [0, 0.1) is 0 Å². The molecule has 6 aromatic rings. The third kappa shape index (κ3) is 2.67. The van der Waals surface area contributed by atoms with Crippen LogP contribution >= 0.6 is 0 Å². The third-order valence-corrected chi connectivity index (χ3v) is 5.81. The van der Waals surface area contributed by atoms with E-state index in [1.165, 1.54) is 21.5 Å². The van der Waals surface area contributed by atoms with Gasteiger partial charge in [-0.15, -0.1) is 0 Å². The van der Waals surface area contributed by atoms with Gasteiger partial charge in [-0.05, 0) is 51.9 Å². The van der Waals surface area contributed by atoms with Crippen molar-refractivity contribution in [2.45, 2.75) is 0 Å². The van der Waals surface area contributed by atoms with Gasteiger partial charge in [-0.1, -0.05) is 60.7 Å². The van der Waals surface area contributed by atoms with Crippen LogP contribution in [0.1, 0.15) is 0 Å². The molecule has 0 N–H and O–H groups in total. The summed E-state index contributed by atoms with van der Waals surface area (Å²) >= 11 is 0. The minimum absolute atomic E-state index is 0.967. The van der Waals surface area contributed by atoms with Crippen LogP contribution in [0.4, 0.5) is 0 Å². The molecule has 30 heavy (non-hydrogen) atoms. The Labute approximate surface area is 174 Å². The summed E-state index contributed by atoms with van der Waals surface area (Å²) in [7, 11) is 2.02. The second kappa shape index (κ2) is 6.53. The van der Waals surface area contributed by atoms with Crippen molar-refractivity contribution in [3.63, 3.8) is 0 Å². The van der Waals surface area contributed by atoms with Gasteiger partial charge in [0.1, 0.15) is 0 Å². The molecule has 0 aliphatic rings. The Morgan fingerprint density at radius 3 is 2.27 bits per heavy atom. The van der Waals surface area contributed by atoms with Gasteiger partial charge in [-0.3, -0.25) is 0 Å². The first-order valence-corrected chi connectivity index (χ1v) is 10.1. The molecule has 0 fully saturated rings. The zero-order valence-electron chi connectivity index (χ0n) is 16.6. The third-order valence-electron chi connectivity index (χ3n) is 5.81. The van der Waals surface area contributed by atoms with Crippen molar-refractivity contribution in [1.29, 1.82) is 0 Å². The smallest absolute Gasteiger partial charge is 0.0955 e. The molecule has 6 rings (SSSR count). The average molecular weight is 385 g/mol. The van der Waals surface area contributed by atoms with E-state index < -0.39 is 0 Å². The van der Waals surface area contributed by atoms with E-state index in [0.717, 1.165) is 33.5 Å². The van der Waals surface area contributed by atoms with E-state index in [2.05, 4.69) is 96.0 Å². The fourth-order valence-electron chi connectivity index (χ4n) is 4.21. The summed E-state index contributed by atoms with van der Waals surface area (Å²) in [5.41, 5.74) is 6.28. The molecule has 2 aromatic heterocycles. The predicted molar refractivity (Wildman–Crippen MR) is 124 cm³/mol. The summed E-state index contributed by atoms with van der Waals surface area (Å²) in [4.78, 5) is 9.38. The lowest BCUT2D eigenvalue weighted by Crippen LogP contribution is -1.90. The highest BCUT2D eigenvalue weighted by atomic mass is 15.0. The minimum Gasteiger partial charge on any atom is -0.334 e. The second-order valence-corrected chi connectivity index (χ2v) is 7.69. The topological polar surface area (TPSA) is 30.7 Å². The van der Waals surface area contributed by atoms with Gasteiger partial charge < -0.3 is 4.57 Å². The Morgan fingerprint density at radius 1 is 0.633 bits per heavy atom. The van der Waals surface area contributed by atoms with Gasteiger partial charge in [0.15, 0.2) is 0 Å². The van der Waals surface area contributed by atoms with Crippen molar-refractivity contribution in [2.24, 2.45) is 7.05 Å². The standard InChI is InChI=1S/C27H19N3/c1-30-17-28-26-14-12-21(16-27(26)30)25-8-4-7-24(29-25)20-11-13-23-19(15-20)10-9-18-5-2-3-6-22(18)23/h2-17H,1H3. The number of hydrogen-bond donors (Lipinski definition) is 0. The van der Waals surface area contributed by atoms with Gasteiger partial charge in [0.25, 0.3) is 0 Å². The Bertz CT molecular complexity index is 1560. The number of imidazole rings is 1. The molecular formula is C27H19N3. The van der Waals surface area contributed by atoms with Crippen molar-refractivity contribution in [2.75, 3.05) is 0 Å². The monoisotopic (exact) mass is 385 g/mol. The molecule has 0 aliphatic heterocycles. The molecule has 0 saturated heterocycles. The lowest BCUT2D eigenvalue weighted by Gasteiger charge is -2.08. The molecule has 0 aliphatic carbocycles. The molecule has 0 amide bonds. The van der Waals surface area contributed by atoms with Gasteiger partial charge in [-0.2, -0.15) is 0 Å². The van der Waals surface area contributed by atoms with Crippen molar-refractivity contribution in [3.8, 4) is 22.5 Å². The quantitative estimate of drug-likeness (QED) is 0.314. The molecule has 0 unspecified atom stereocenters. The largest absolute Gasteiger partial charge is 0.334 e. The van der Waals surface area contributed by atoms with Gasteiger partial charge in [-0.25, -0.2) is 9.97 Å². The van der Waals surface area contributed by atoms with E-state index in [1.807, 2.05) is 17.9 Å². The number of nitrogens with zero attached hydrogens (tertiary/aromatic N) is 3. The number of pyridine rings is 1. The molecule has 0 spiro atoms. The van der Waals surface area contributed by atoms with Crippen LogP contribution in [0.15, 0.2) is 97.3 Å². The lowest BCUT2D eigenvalue weighted by atomic mass is 9.99. The molecule has 3 nitrogen and oxygen atoms in total. The Hall–Kier alpha value is -3.98. The SMILES string of the molecule is Cn1cnc2ccc(-c3cccc(-c4ccc5c(ccc6ccccc65)c4)n3)cc21. The van der Waals surface area contributed by atoms with Crippen LogP contribution in [-0.2, 0) is 7.05 Å². The fraction of sp³-hybridized carbons (Fsp3) is 0.0370. The highest BCUT2D eigenvalue weighted by molar-refractivity contribution is 6.08. The fourth-order valence-corrected chi connectivity index (χ4v) is 4.21. The Balaban J connectivity index is 1.46. The van der Waals surface area contributed by atoms with Gasteiger partial charge >= 0.3 is 0 Å². The summed E-state index contributed by atoms with van der Waals surface area (Å²) in [6.45, 7) is 0. The first kappa shape index (κ1) is 16.9. The number of hydrogen-bond acceptors (Lipinski definition) is 2. The van der Waals surface area contributed by atoms with Crippen LogP contribution in [-0.4, -0.2) is 14.5 Å². The number of benzene rings is 4. The molecule has 2 heterocycles. The van der Waals surface area contributed by atoms with Gasteiger partial charge in [0, 0.05) is 18.2 Å². The first-order chi connectivity index (χ1) is 14.8. The molecule has 0 bridgehead atoms. The van der Waals surface area contributed by atoms with E-state index in [0.29, 0.717) is 0 Å². The first-order valence-electron chi connectivity index (χ1n) is 10.1. The normalized spacial score (nSPS) is 11.5. The van der Waals surface area contributed by atoms with Crippen molar-refractivity contribution in [3.05, 3.63) is 97.3 Å². The number of fused-ring (bicyclic) bond motifs is 4. The maximum atomic E-state index is 4.97. The summed E-state index contributed by atoms with van der Waals surface area (Å²) in [6, 6.07) is 32.1. The van der Waals surface area contributed by atoms with E-state index in [9.17, 15) is 0 Å². The lowest BCUT2D eigenvalue weighted by molar-refractivity contribution is 0.948. The maximum absolute atomic E-state index is 4.97. The molecular weight excluding hydrogens is 366 g/mol. The van der Waals surface area contributed by atoms with Crippen LogP contribution in [0.5, 0.6) is 0 Å². The highest BCUT2D eigenvalue weighted by Crippen LogP contribution is 2.30. The van der Waals surface area contributed by atoms with E-state index in [1.54, 1.807) is 0 Å². The van der Waals surface area contributed by atoms with Crippen LogP contribution in [0.2, 0.25) is 0 Å². The zero-order valence-corrected chi connectivity index (χ0v) is 16.6. The Morgan fingerprint density at radius 2 is 1.37 bits per heavy atom. The highest BCUT2D eigenvalue weighted by Gasteiger charge is 2.08. The molecule has 4 aromatic carbocycles. The number of aryl methyl sites for hydroxylation is 1. The van der Waals surface area contributed by atoms with Crippen LogP contribution in [0.25, 0.3) is 55.1 Å². The summed E-state index contributed by atoms with van der Waals surface area (Å²) in [5, 5.41) is 5.06. The predicted octanol–water partition coefficient (Wildman–Crippen LogP) is 6.61. The van der Waals surface area contributed by atoms with Gasteiger partial charge in [0.05, 0.1) is 28.7 Å². The van der Waals surface area contributed by atoms with Crippen LogP contribution < -0.4 is 0 Å². The van der Waals surface area contributed by atoms with Crippen molar-refractivity contribution >= 4 is 32.6 Å². The second-order valence-electron chi connectivity index (χ2n) is 7.69. The minimum atomic E-state index is 0.967. The molecule has 142 valence electrons.